The quantitative estimate of drug-likeness (QED) is 0.805. The van der Waals surface area contributed by atoms with Gasteiger partial charge in [-0.1, -0.05) is 13.3 Å². The molecule has 17 heavy (non-hydrogen) atoms. The zero-order valence-corrected chi connectivity index (χ0v) is 11.5. The maximum Gasteiger partial charge on any atom is 0.223 e. The largest absolute Gasteiger partial charge is 0.352 e. The predicted molar refractivity (Wildman–Crippen MR) is 73.3 cm³/mol. The van der Waals surface area contributed by atoms with Crippen LogP contribution in [0.3, 0.4) is 0 Å². The third kappa shape index (κ3) is 3.62. The second-order valence-electron chi connectivity index (χ2n) is 5.06. The van der Waals surface area contributed by atoms with E-state index in [1.807, 2.05) is 11.8 Å². The first-order valence-corrected chi connectivity index (χ1v) is 7.99. The van der Waals surface area contributed by atoms with E-state index in [0.29, 0.717) is 17.2 Å². The van der Waals surface area contributed by atoms with E-state index in [9.17, 15) is 4.79 Å². The summed E-state index contributed by atoms with van der Waals surface area (Å²) in [6.45, 7) is 4.19. The molecule has 98 valence electrons. The highest BCUT2D eigenvalue weighted by atomic mass is 32.2. The van der Waals surface area contributed by atoms with Crippen molar-refractivity contribution in [1.29, 1.82) is 0 Å². The predicted octanol–water partition coefficient (Wildman–Crippen LogP) is 1.78. The maximum absolute atomic E-state index is 12.2. The van der Waals surface area contributed by atoms with E-state index in [0.717, 1.165) is 31.7 Å². The lowest BCUT2D eigenvalue weighted by Crippen LogP contribution is -2.44. The zero-order valence-electron chi connectivity index (χ0n) is 10.7. The van der Waals surface area contributed by atoms with Crippen molar-refractivity contribution in [3.05, 3.63) is 0 Å². The molecule has 0 bridgehead atoms. The number of carbonyl (C=O) groups is 1. The van der Waals surface area contributed by atoms with Gasteiger partial charge in [-0.3, -0.25) is 4.79 Å². The van der Waals surface area contributed by atoms with Gasteiger partial charge in [0.2, 0.25) is 5.91 Å². The molecule has 1 saturated carbocycles. The third-order valence-corrected chi connectivity index (χ3v) is 5.20. The average molecular weight is 256 g/mol. The molecule has 1 aliphatic heterocycles. The van der Waals surface area contributed by atoms with E-state index in [1.54, 1.807) is 0 Å². The van der Waals surface area contributed by atoms with Gasteiger partial charge < -0.3 is 10.6 Å². The third-order valence-electron chi connectivity index (χ3n) is 3.87. The molecule has 0 aromatic rings. The van der Waals surface area contributed by atoms with E-state index >= 15 is 0 Å². The molecule has 3 nitrogen and oxygen atoms in total. The first-order valence-electron chi connectivity index (χ1n) is 6.94. The Morgan fingerprint density at radius 3 is 2.76 bits per heavy atom. The number of rotatable bonds is 4. The first-order chi connectivity index (χ1) is 8.31. The molecule has 2 aliphatic rings. The molecule has 2 fully saturated rings. The summed E-state index contributed by atoms with van der Waals surface area (Å²) >= 11 is 2.01. The minimum Gasteiger partial charge on any atom is -0.352 e. The van der Waals surface area contributed by atoms with Gasteiger partial charge in [-0.15, -0.1) is 0 Å². The number of piperidine rings is 1. The van der Waals surface area contributed by atoms with E-state index in [2.05, 4.69) is 17.6 Å². The van der Waals surface area contributed by atoms with Crippen LogP contribution < -0.4 is 10.6 Å². The molecule has 1 aliphatic carbocycles. The lowest BCUT2D eigenvalue weighted by Gasteiger charge is -2.26. The van der Waals surface area contributed by atoms with Gasteiger partial charge in [0.05, 0.1) is 0 Å². The molecular weight excluding hydrogens is 232 g/mol. The van der Waals surface area contributed by atoms with Crippen LogP contribution in [-0.4, -0.2) is 36.0 Å². The molecule has 0 spiro atoms. The van der Waals surface area contributed by atoms with Crippen molar-refractivity contribution >= 4 is 17.7 Å². The molecule has 0 aromatic heterocycles. The van der Waals surface area contributed by atoms with Crippen molar-refractivity contribution in [2.75, 3.05) is 18.8 Å². The normalized spacial score (nSPS) is 30.4. The summed E-state index contributed by atoms with van der Waals surface area (Å²) in [6, 6.07) is 0.433. The smallest absolute Gasteiger partial charge is 0.223 e. The van der Waals surface area contributed by atoms with Gasteiger partial charge >= 0.3 is 0 Å². The standard InChI is InChI=1S/C13H24N2OS/c1-2-17-12-5-3-4-11(12)15-13(16)10-6-8-14-9-7-10/h10-12,14H,2-9H2,1H3,(H,15,16). The molecule has 1 saturated heterocycles. The van der Waals surface area contributed by atoms with Gasteiger partial charge in [0, 0.05) is 17.2 Å². The van der Waals surface area contributed by atoms with Crippen molar-refractivity contribution in [3.63, 3.8) is 0 Å². The molecule has 1 amide bonds. The van der Waals surface area contributed by atoms with Crippen LogP contribution in [0, 0.1) is 5.92 Å². The van der Waals surface area contributed by atoms with Crippen LogP contribution in [0.15, 0.2) is 0 Å². The lowest BCUT2D eigenvalue weighted by atomic mass is 9.97. The van der Waals surface area contributed by atoms with Crippen LogP contribution in [0.25, 0.3) is 0 Å². The highest BCUT2D eigenvalue weighted by Gasteiger charge is 2.30. The summed E-state index contributed by atoms with van der Waals surface area (Å²) in [7, 11) is 0. The van der Waals surface area contributed by atoms with Crippen LogP contribution in [-0.2, 0) is 4.79 Å². The van der Waals surface area contributed by atoms with E-state index < -0.39 is 0 Å². The number of amides is 1. The number of thioether (sulfide) groups is 1. The minimum absolute atomic E-state index is 0.254. The van der Waals surface area contributed by atoms with Crippen molar-refractivity contribution in [3.8, 4) is 0 Å². The number of carbonyl (C=O) groups excluding carboxylic acids is 1. The molecule has 2 unspecified atom stereocenters. The fourth-order valence-electron chi connectivity index (χ4n) is 2.89. The second kappa shape index (κ2) is 6.64. The molecular formula is C13H24N2OS. The van der Waals surface area contributed by atoms with Gasteiger partial charge in [0.15, 0.2) is 0 Å². The molecule has 2 N–H and O–H groups in total. The highest BCUT2D eigenvalue weighted by molar-refractivity contribution is 7.99. The summed E-state index contributed by atoms with van der Waals surface area (Å²) in [5, 5.41) is 7.26. The molecule has 0 aromatic carbocycles. The number of hydrogen-bond donors (Lipinski definition) is 2. The Labute approximate surface area is 108 Å². The molecule has 4 heteroatoms. The van der Waals surface area contributed by atoms with Crippen molar-refractivity contribution in [2.24, 2.45) is 5.92 Å². The highest BCUT2D eigenvalue weighted by Crippen LogP contribution is 2.30. The molecule has 0 radical (unpaired) electrons. The monoisotopic (exact) mass is 256 g/mol. The number of hydrogen-bond acceptors (Lipinski definition) is 3. The van der Waals surface area contributed by atoms with Gasteiger partial charge in [-0.2, -0.15) is 11.8 Å². The van der Waals surface area contributed by atoms with E-state index in [4.69, 9.17) is 0 Å². The molecule has 1 heterocycles. The van der Waals surface area contributed by atoms with Gasteiger partial charge in [-0.25, -0.2) is 0 Å². The summed E-state index contributed by atoms with van der Waals surface area (Å²) in [4.78, 5) is 12.2. The Morgan fingerprint density at radius 1 is 1.29 bits per heavy atom. The summed E-state index contributed by atoms with van der Waals surface area (Å²) < 4.78 is 0. The van der Waals surface area contributed by atoms with Gasteiger partial charge in [-0.05, 0) is 44.5 Å². The van der Waals surface area contributed by atoms with Crippen LogP contribution in [0.1, 0.15) is 39.0 Å². The molecule has 2 rings (SSSR count). The average Bonchev–Trinajstić information content (AvgIpc) is 2.78. The van der Waals surface area contributed by atoms with Crippen LogP contribution >= 0.6 is 11.8 Å². The Kier molecular flexibility index (Phi) is 5.16. The first kappa shape index (κ1) is 13.2. The van der Waals surface area contributed by atoms with Crippen LogP contribution in [0.5, 0.6) is 0 Å². The SMILES string of the molecule is CCSC1CCCC1NC(=O)C1CCNCC1. The summed E-state index contributed by atoms with van der Waals surface area (Å²) in [5.41, 5.74) is 0. The maximum atomic E-state index is 12.2. The van der Waals surface area contributed by atoms with Crippen LogP contribution in [0.4, 0.5) is 0 Å². The Hall–Kier alpha value is -0.220. The topological polar surface area (TPSA) is 41.1 Å². The molecule has 2 atom stereocenters. The lowest BCUT2D eigenvalue weighted by molar-refractivity contribution is -0.126. The number of nitrogens with one attached hydrogen (secondary N) is 2. The van der Waals surface area contributed by atoms with E-state index in [1.165, 1.54) is 19.3 Å². The fourth-order valence-corrected chi connectivity index (χ4v) is 4.09. The summed E-state index contributed by atoms with van der Waals surface area (Å²) in [5.74, 6) is 1.72. The van der Waals surface area contributed by atoms with E-state index in [-0.39, 0.29) is 5.92 Å². The Bertz CT molecular complexity index is 254. The van der Waals surface area contributed by atoms with Crippen LogP contribution in [0.2, 0.25) is 0 Å². The van der Waals surface area contributed by atoms with Crippen molar-refractivity contribution in [2.45, 2.75) is 50.3 Å². The summed E-state index contributed by atoms with van der Waals surface area (Å²) in [6.07, 6.45) is 5.73. The van der Waals surface area contributed by atoms with Crippen molar-refractivity contribution < 1.29 is 4.79 Å². The second-order valence-corrected chi connectivity index (χ2v) is 6.58. The van der Waals surface area contributed by atoms with Gasteiger partial charge in [0.1, 0.15) is 0 Å². The van der Waals surface area contributed by atoms with Crippen molar-refractivity contribution in [1.82, 2.24) is 10.6 Å². The Morgan fingerprint density at radius 2 is 2.06 bits per heavy atom. The minimum atomic E-state index is 0.254. The fraction of sp³-hybridized carbons (Fsp3) is 0.923. The van der Waals surface area contributed by atoms with Gasteiger partial charge in [0.25, 0.3) is 0 Å². The zero-order chi connectivity index (χ0) is 12.1. The Balaban J connectivity index is 1.80.